The summed E-state index contributed by atoms with van der Waals surface area (Å²) in [5.74, 6) is -0.272. The van der Waals surface area contributed by atoms with Crippen molar-refractivity contribution in [2.75, 3.05) is 20.3 Å². The fourth-order valence-electron chi connectivity index (χ4n) is 7.15. The zero-order valence-electron chi connectivity index (χ0n) is 31.3. The number of nitrogens with zero attached hydrogens (tertiary/aromatic N) is 2. The summed E-state index contributed by atoms with van der Waals surface area (Å²) in [4.78, 5) is 40.9. The van der Waals surface area contributed by atoms with Crippen LogP contribution in [0.1, 0.15) is 130 Å². The first-order chi connectivity index (χ1) is 24.6. The Labute approximate surface area is 301 Å². The molecule has 5 heterocycles. The molecule has 0 fully saturated rings. The minimum absolute atomic E-state index is 0.123. The number of aryl methyl sites for hydroxylation is 2. The Balaban J connectivity index is 1.80. The molecule has 270 valence electrons. The Hall–Kier alpha value is -4.76. The Morgan fingerprint density at radius 3 is 2.10 bits per heavy atom. The Kier molecular flexibility index (Phi) is 12.5. The standard InChI is InChI=1S/C42H52N4O5/c1-9-11-12-13-19-51-29(7)42-28(6)36-20-33-26(4)31(15-14-18-50-24-47)38(44-33)23-39-32(16-17-41(48)49-8)27(5)34(45-39)21-37-30(10-2)25(3)35(43-37)22-40(42)46-36/h10,20-24,29,43,46H,2,9,11-19H2,1,3-8H3. The van der Waals surface area contributed by atoms with Crippen molar-refractivity contribution in [1.29, 1.82) is 0 Å². The lowest BCUT2D eigenvalue weighted by atomic mass is 9.98. The highest BCUT2D eigenvalue weighted by molar-refractivity contribution is 5.96. The molecule has 3 aromatic heterocycles. The maximum atomic E-state index is 12.3. The second-order valence-corrected chi connectivity index (χ2v) is 13.5. The van der Waals surface area contributed by atoms with E-state index in [1.54, 1.807) is 0 Å². The van der Waals surface area contributed by atoms with Crippen LogP contribution < -0.4 is 0 Å². The maximum absolute atomic E-state index is 12.3. The number of unbranched alkanes of at least 4 members (excludes halogenated alkanes) is 3. The van der Waals surface area contributed by atoms with E-state index in [4.69, 9.17) is 24.2 Å². The van der Waals surface area contributed by atoms with Gasteiger partial charge in [0.15, 0.2) is 0 Å². The van der Waals surface area contributed by atoms with E-state index in [0.29, 0.717) is 38.9 Å². The predicted molar refractivity (Wildman–Crippen MR) is 207 cm³/mol. The lowest BCUT2D eigenvalue weighted by Gasteiger charge is -2.14. The number of carbonyl (C=O) groups is 2. The first-order valence-electron chi connectivity index (χ1n) is 18.1. The molecule has 1 atom stereocenters. The highest BCUT2D eigenvalue weighted by Crippen LogP contribution is 2.39. The molecular formula is C42H52N4O5. The number of methoxy groups -OCH3 is 1. The topological polar surface area (TPSA) is 119 Å². The molecule has 5 rings (SSSR count). The molecule has 0 aliphatic carbocycles. The van der Waals surface area contributed by atoms with Gasteiger partial charge in [0.1, 0.15) is 0 Å². The summed E-state index contributed by atoms with van der Waals surface area (Å²) < 4.78 is 16.5. The van der Waals surface area contributed by atoms with Crippen LogP contribution in [0, 0.1) is 13.8 Å². The van der Waals surface area contributed by atoms with E-state index in [0.717, 1.165) is 102 Å². The minimum atomic E-state index is -0.272. The molecule has 1 unspecified atom stereocenters. The molecule has 0 amide bonds. The van der Waals surface area contributed by atoms with Gasteiger partial charge in [-0.05, 0) is 118 Å². The molecule has 2 N–H and O–H groups in total. The second kappa shape index (κ2) is 17.0. The third-order valence-electron chi connectivity index (χ3n) is 10.2. The van der Waals surface area contributed by atoms with E-state index < -0.39 is 0 Å². The summed E-state index contributed by atoms with van der Waals surface area (Å²) in [6.45, 7) is 18.4. The van der Waals surface area contributed by atoms with Crippen LogP contribution >= 0.6 is 0 Å². The largest absolute Gasteiger partial charge is 0.469 e. The van der Waals surface area contributed by atoms with Gasteiger partial charge in [-0.15, -0.1) is 0 Å². The fourth-order valence-corrected chi connectivity index (χ4v) is 7.15. The fraction of sp³-hybridized carbons (Fsp3) is 0.429. The van der Waals surface area contributed by atoms with E-state index in [-0.39, 0.29) is 18.5 Å². The van der Waals surface area contributed by atoms with Crippen LogP contribution in [0.25, 0.3) is 50.4 Å². The van der Waals surface area contributed by atoms with Crippen LogP contribution in [0.2, 0.25) is 0 Å². The third-order valence-corrected chi connectivity index (χ3v) is 10.2. The Morgan fingerprint density at radius 1 is 0.804 bits per heavy atom. The van der Waals surface area contributed by atoms with Gasteiger partial charge in [-0.1, -0.05) is 38.8 Å². The molecule has 8 bridgehead atoms. The average molecular weight is 693 g/mol. The predicted octanol–water partition coefficient (Wildman–Crippen LogP) is 10.0. The van der Waals surface area contributed by atoms with Crippen LogP contribution in [-0.4, -0.2) is 52.7 Å². The molecule has 9 nitrogen and oxygen atoms in total. The van der Waals surface area contributed by atoms with Crippen LogP contribution in [0.4, 0.5) is 0 Å². The van der Waals surface area contributed by atoms with Crippen LogP contribution in [0.5, 0.6) is 0 Å². The van der Waals surface area contributed by atoms with Crippen molar-refractivity contribution in [1.82, 2.24) is 19.9 Å². The van der Waals surface area contributed by atoms with Gasteiger partial charge >= 0.3 is 5.97 Å². The molecule has 9 heteroatoms. The van der Waals surface area contributed by atoms with Crippen molar-refractivity contribution in [2.45, 2.75) is 99.0 Å². The summed E-state index contributed by atoms with van der Waals surface area (Å²) in [6, 6.07) is 8.39. The van der Waals surface area contributed by atoms with Crippen molar-refractivity contribution in [2.24, 2.45) is 0 Å². The molecule has 0 spiro atoms. The highest BCUT2D eigenvalue weighted by atomic mass is 16.5. The number of esters is 1. The number of H-pyrrole nitrogens is 2. The number of fused-ring (bicyclic) bond motifs is 8. The third kappa shape index (κ3) is 8.25. The highest BCUT2D eigenvalue weighted by Gasteiger charge is 2.23. The number of ether oxygens (including phenoxy) is 3. The molecule has 0 saturated carbocycles. The first-order valence-corrected chi connectivity index (χ1v) is 18.1. The van der Waals surface area contributed by atoms with Gasteiger partial charge in [0.25, 0.3) is 6.47 Å². The quantitative estimate of drug-likeness (QED) is 0.0871. The van der Waals surface area contributed by atoms with Gasteiger partial charge in [0.05, 0.1) is 42.6 Å². The first kappa shape index (κ1) is 37.5. The van der Waals surface area contributed by atoms with Gasteiger partial charge in [-0.3, -0.25) is 9.59 Å². The van der Waals surface area contributed by atoms with Crippen molar-refractivity contribution >= 4 is 62.9 Å². The van der Waals surface area contributed by atoms with E-state index in [1.807, 2.05) is 19.1 Å². The number of aromatic amines is 2. The van der Waals surface area contributed by atoms with Crippen molar-refractivity contribution in [3.63, 3.8) is 0 Å². The average Bonchev–Trinajstić information content (AvgIpc) is 3.78. The monoisotopic (exact) mass is 692 g/mol. The molecule has 0 aromatic carbocycles. The maximum Gasteiger partial charge on any atom is 0.305 e. The van der Waals surface area contributed by atoms with E-state index in [1.165, 1.54) is 20.0 Å². The van der Waals surface area contributed by atoms with Crippen LogP contribution in [0.15, 0.2) is 30.8 Å². The second-order valence-electron chi connectivity index (χ2n) is 13.5. The van der Waals surface area contributed by atoms with Gasteiger partial charge in [-0.2, -0.15) is 0 Å². The SMILES string of the molecule is C=Cc1c(C)c2cc3[nH]c(cc4nc(cc5nc(cc1[nH]2)C(C)=C5CCC(=O)OC)C(CCCOC=O)=C4C)c(C)c3C(C)OCCCCCC. The number of carbonyl (C=O) groups excluding carboxylic acids is 2. The van der Waals surface area contributed by atoms with Gasteiger partial charge < -0.3 is 24.2 Å². The smallest absolute Gasteiger partial charge is 0.305 e. The molecule has 3 aromatic rings. The van der Waals surface area contributed by atoms with Gasteiger partial charge in [0.2, 0.25) is 0 Å². The van der Waals surface area contributed by atoms with Crippen LogP contribution in [-0.2, 0) is 23.8 Å². The van der Waals surface area contributed by atoms with Gasteiger partial charge in [-0.25, -0.2) is 9.97 Å². The minimum Gasteiger partial charge on any atom is -0.469 e. The normalized spacial score (nSPS) is 13.5. The molecule has 2 aliphatic rings. The van der Waals surface area contributed by atoms with Gasteiger partial charge in [0, 0.05) is 46.2 Å². The summed E-state index contributed by atoms with van der Waals surface area (Å²) in [6.07, 6.45) is 8.41. The van der Waals surface area contributed by atoms with E-state index >= 15 is 0 Å². The van der Waals surface area contributed by atoms with E-state index in [9.17, 15) is 9.59 Å². The number of rotatable bonds is 16. The summed E-state index contributed by atoms with van der Waals surface area (Å²) >= 11 is 0. The zero-order chi connectivity index (χ0) is 36.7. The summed E-state index contributed by atoms with van der Waals surface area (Å²) in [5.41, 5.74) is 15.5. The summed E-state index contributed by atoms with van der Waals surface area (Å²) in [5, 5.41) is 0. The Morgan fingerprint density at radius 2 is 1.45 bits per heavy atom. The molecule has 0 radical (unpaired) electrons. The van der Waals surface area contributed by atoms with Crippen LogP contribution in [0.3, 0.4) is 0 Å². The Bertz CT molecular complexity index is 2030. The van der Waals surface area contributed by atoms with E-state index in [2.05, 4.69) is 69.4 Å². The number of nitrogens with one attached hydrogen (secondary N) is 2. The lowest BCUT2D eigenvalue weighted by molar-refractivity contribution is -0.140. The molecule has 51 heavy (non-hydrogen) atoms. The van der Waals surface area contributed by atoms with Crippen molar-refractivity contribution in [3.05, 3.63) is 75.9 Å². The number of hydrogen-bond donors (Lipinski definition) is 2. The van der Waals surface area contributed by atoms with Crippen molar-refractivity contribution in [3.8, 4) is 0 Å². The molecule has 0 saturated heterocycles. The molecule has 2 aliphatic heterocycles. The zero-order valence-corrected chi connectivity index (χ0v) is 31.3. The number of aromatic nitrogens is 4. The molecular weight excluding hydrogens is 640 g/mol. The summed E-state index contributed by atoms with van der Waals surface area (Å²) in [7, 11) is 1.41. The number of hydrogen-bond acceptors (Lipinski definition) is 7. The number of allylic oxidation sites excluding steroid dienone is 4. The lowest BCUT2D eigenvalue weighted by Crippen LogP contribution is -2.02. The van der Waals surface area contributed by atoms with Crippen molar-refractivity contribution < 1.29 is 23.8 Å².